The lowest BCUT2D eigenvalue weighted by Gasteiger charge is -2.41. The van der Waals surface area contributed by atoms with Gasteiger partial charge in [0.25, 0.3) is 5.91 Å². The van der Waals surface area contributed by atoms with Crippen LogP contribution in [-0.4, -0.2) is 59.4 Å². The van der Waals surface area contributed by atoms with Gasteiger partial charge >= 0.3 is 5.92 Å². The fourth-order valence-electron chi connectivity index (χ4n) is 1.89. The molecule has 0 aromatic heterocycles. The van der Waals surface area contributed by atoms with Crippen LogP contribution in [0.25, 0.3) is 0 Å². The molecule has 1 aliphatic heterocycles. The van der Waals surface area contributed by atoms with Crippen LogP contribution in [0.15, 0.2) is 0 Å². The number of hydrogen-bond acceptors (Lipinski definition) is 3. The van der Waals surface area contributed by atoms with Crippen LogP contribution >= 0.6 is 11.6 Å². The smallest absolute Gasteiger partial charge is 0.352 e. The molecule has 8 heteroatoms. The Hall–Kier alpha value is -0.950. The van der Waals surface area contributed by atoms with Crippen molar-refractivity contribution in [1.82, 2.24) is 10.2 Å². The zero-order chi connectivity index (χ0) is 14.0. The summed E-state index contributed by atoms with van der Waals surface area (Å²) in [6.45, 7) is -0.0940. The Balaban J connectivity index is 2.75. The zero-order valence-corrected chi connectivity index (χ0v) is 10.6. The summed E-state index contributed by atoms with van der Waals surface area (Å²) in [5, 5.41) is 11.7. The monoisotopic (exact) mass is 284 g/mol. The molecule has 1 rings (SSSR count). The van der Waals surface area contributed by atoms with Crippen molar-refractivity contribution in [1.29, 1.82) is 0 Å². The Morgan fingerprint density at radius 2 is 1.94 bits per heavy atom. The van der Waals surface area contributed by atoms with Crippen LogP contribution in [0, 0.1) is 0 Å². The summed E-state index contributed by atoms with van der Waals surface area (Å²) in [5.74, 6) is -6.01. The number of likely N-dealkylation sites (tertiary alicyclic amines) is 1. The minimum absolute atomic E-state index is 0.0470. The molecule has 0 aromatic carbocycles. The van der Waals surface area contributed by atoms with Crippen molar-refractivity contribution in [3.63, 3.8) is 0 Å². The standard InChI is InChI=1S/C10H15ClF2N2O3/c1-14-8(17)10(12,13)9(18)2-4-15(5-3-9)7(16)6-11/h18H,2-6H2,1H3,(H,14,17). The third kappa shape index (κ3) is 2.56. The van der Waals surface area contributed by atoms with Crippen LogP contribution in [0.5, 0.6) is 0 Å². The number of aliphatic hydroxyl groups is 1. The van der Waals surface area contributed by atoms with Crippen LogP contribution < -0.4 is 5.32 Å². The summed E-state index contributed by atoms with van der Waals surface area (Å²) >= 11 is 5.35. The van der Waals surface area contributed by atoms with Gasteiger partial charge in [0.15, 0.2) is 0 Å². The van der Waals surface area contributed by atoms with Gasteiger partial charge in [0, 0.05) is 33.0 Å². The predicted molar refractivity (Wildman–Crippen MR) is 60.5 cm³/mol. The number of rotatable bonds is 3. The van der Waals surface area contributed by atoms with Crippen molar-refractivity contribution in [3.8, 4) is 0 Å². The molecule has 0 radical (unpaired) electrons. The van der Waals surface area contributed by atoms with Crippen LogP contribution in [0.2, 0.25) is 0 Å². The molecule has 5 nitrogen and oxygen atoms in total. The van der Waals surface area contributed by atoms with E-state index in [9.17, 15) is 23.5 Å². The highest BCUT2D eigenvalue weighted by molar-refractivity contribution is 6.27. The molecule has 0 aromatic rings. The molecule has 18 heavy (non-hydrogen) atoms. The van der Waals surface area contributed by atoms with Crippen molar-refractivity contribution >= 4 is 23.4 Å². The molecule has 0 atom stereocenters. The molecule has 2 amide bonds. The maximum absolute atomic E-state index is 13.7. The number of alkyl halides is 3. The highest BCUT2D eigenvalue weighted by Crippen LogP contribution is 2.37. The van der Waals surface area contributed by atoms with E-state index in [1.807, 2.05) is 5.32 Å². The third-order valence-corrected chi connectivity index (χ3v) is 3.38. The summed E-state index contributed by atoms with van der Waals surface area (Å²) in [6.07, 6.45) is -0.730. The average molecular weight is 285 g/mol. The molecule has 1 aliphatic rings. The van der Waals surface area contributed by atoms with E-state index in [4.69, 9.17) is 11.6 Å². The zero-order valence-electron chi connectivity index (χ0n) is 9.88. The third-order valence-electron chi connectivity index (χ3n) is 3.15. The Morgan fingerprint density at radius 1 is 1.44 bits per heavy atom. The molecular weight excluding hydrogens is 270 g/mol. The van der Waals surface area contributed by atoms with Gasteiger partial charge in [-0.05, 0) is 0 Å². The van der Waals surface area contributed by atoms with E-state index < -0.39 is 17.4 Å². The number of nitrogens with one attached hydrogen (secondary N) is 1. The molecule has 2 N–H and O–H groups in total. The minimum atomic E-state index is -3.88. The van der Waals surface area contributed by atoms with Crippen molar-refractivity contribution in [3.05, 3.63) is 0 Å². The summed E-state index contributed by atoms with van der Waals surface area (Å²) in [5.41, 5.74) is -2.42. The Bertz CT molecular complexity index is 344. The van der Waals surface area contributed by atoms with E-state index in [0.29, 0.717) is 0 Å². The van der Waals surface area contributed by atoms with Gasteiger partial charge in [-0.2, -0.15) is 8.78 Å². The number of hydrogen-bond donors (Lipinski definition) is 2. The highest BCUT2D eigenvalue weighted by Gasteiger charge is 2.58. The molecule has 0 spiro atoms. The van der Waals surface area contributed by atoms with Crippen LogP contribution in [0.4, 0.5) is 8.78 Å². The van der Waals surface area contributed by atoms with Gasteiger partial charge in [0.1, 0.15) is 11.5 Å². The van der Waals surface area contributed by atoms with Gasteiger partial charge in [0.05, 0.1) is 0 Å². The SMILES string of the molecule is CNC(=O)C(F)(F)C1(O)CCN(C(=O)CCl)CC1. The second kappa shape index (κ2) is 5.36. The first-order valence-electron chi connectivity index (χ1n) is 5.44. The second-order valence-corrected chi connectivity index (χ2v) is 4.47. The van der Waals surface area contributed by atoms with Gasteiger partial charge in [0.2, 0.25) is 5.91 Å². The molecule has 104 valence electrons. The molecule has 0 saturated carbocycles. The Morgan fingerprint density at radius 3 is 2.33 bits per heavy atom. The van der Waals surface area contributed by atoms with Crippen LogP contribution in [-0.2, 0) is 9.59 Å². The van der Waals surface area contributed by atoms with E-state index in [2.05, 4.69) is 0 Å². The van der Waals surface area contributed by atoms with Gasteiger partial charge in [-0.15, -0.1) is 11.6 Å². The van der Waals surface area contributed by atoms with Crippen molar-refractivity contribution in [2.24, 2.45) is 0 Å². The van der Waals surface area contributed by atoms with Crippen molar-refractivity contribution in [2.45, 2.75) is 24.4 Å². The molecule has 0 unspecified atom stereocenters. The fourth-order valence-corrected chi connectivity index (χ4v) is 2.06. The average Bonchev–Trinajstić information content (AvgIpc) is 2.37. The number of nitrogens with zero attached hydrogens (tertiary/aromatic N) is 1. The lowest BCUT2D eigenvalue weighted by Crippen LogP contribution is -2.61. The van der Waals surface area contributed by atoms with E-state index in [-0.39, 0.29) is 37.7 Å². The first kappa shape index (κ1) is 15.1. The summed E-state index contributed by atoms with van der Waals surface area (Å²) in [7, 11) is 1.08. The van der Waals surface area contributed by atoms with Gasteiger partial charge in [-0.25, -0.2) is 0 Å². The summed E-state index contributed by atoms with van der Waals surface area (Å²) in [4.78, 5) is 23.6. The molecule has 0 bridgehead atoms. The number of carbonyl (C=O) groups is 2. The largest absolute Gasteiger partial charge is 0.383 e. The molecule has 1 heterocycles. The van der Waals surface area contributed by atoms with E-state index in [0.717, 1.165) is 7.05 Å². The van der Waals surface area contributed by atoms with Gasteiger partial charge in [-0.3, -0.25) is 9.59 Å². The van der Waals surface area contributed by atoms with Crippen molar-refractivity contribution < 1.29 is 23.5 Å². The quantitative estimate of drug-likeness (QED) is 0.715. The summed E-state index contributed by atoms with van der Waals surface area (Å²) in [6, 6.07) is 0. The van der Waals surface area contributed by atoms with Gasteiger partial charge in [-0.1, -0.05) is 0 Å². The number of piperidine rings is 1. The Kier molecular flexibility index (Phi) is 4.50. The second-order valence-electron chi connectivity index (χ2n) is 4.20. The van der Waals surface area contributed by atoms with Gasteiger partial charge < -0.3 is 15.3 Å². The maximum atomic E-state index is 13.7. The fraction of sp³-hybridized carbons (Fsp3) is 0.800. The normalized spacial score (nSPS) is 19.5. The molecule has 0 aliphatic carbocycles. The number of amides is 2. The first-order valence-corrected chi connectivity index (χ1v) is 5.98. The minimum Gasteiger partial charge on any atom is -0.383 e. The topological polar surface area (TPSA) is 69.6 Å². The number of carbonyl (C=O) groups excluding carboxylic acids is 2. The highest BCUT2D eigenvalue weighted by atomic mass is 35.5. The molecule has 1 saturated heterocycles. The van der Waals surface area contributed by atoms with Crippen LogP contribution in [0.1, 0.15) is 12.8 Å². The lowest BCUT2D eigenvalue weighted by atomic mass is 9.84. The van der Waals surface area contributed by atoms with E-state index in [1.54, 1.807) is 0 Å². The van der Waals surface area contributed by atoms with E-state index in [1.165, 1.54) is 4.90 Å². The van der Waals surface area contributed by atoms with Crippen LogP contribution in [0.3, 0.4) is 0 Å². The summed E-state index contributed by atoms with van der Waals surface area (Å²) < 4.78 is 27.4. The molecular formula is C10H15ClF2N2O3. The predicted octanol–water partition coefficient (Wildman–Crippen LogP) is -0.0400. The van der Waals surface area contributed by atoms with E-state index >= 15 is 0 Å². The number of halogens is 3. The van der Waals surface area contributed by atoms with Crippen molar-refractivity contribution in [2.75, 3.05) is 26.0 Å². The maximum Gasteiger partial charge on any atom is 0.352 e. The molecule has 1 fully saturated rings. The Labute approximate surface area is 108 Å². The lowest BCUT2D eigenvalue weighted by molar-refractivity contribution is -0.204. The first-order chi connectivity index (χ1) is 8.28.